The average molecular weight is 297 g/mol. The number of hydrogen-bond acceptors (Lipinski definition) is 3. The van der Waals surface area contributed by atoms with Crippen molar-refractivity contribution >= 4 is 12.0 Å². The second-order valence-electron chi connectivity index (χ2n) is 6.49. The number of hydrogen-bond donors (Lipinski definition) is 3. The quantitative estimate of drug-likeness (QED) is 0.741. The lowest BCUT2D eigenvalue weighted by atomic mass is 9.96. The number of piperidine rings is 1. The van der Waals surface area contributed by atoms with Crippen LogP contribution in [0.3, 0.4) is 0 Å². The largest absolute Gasteiger partial charge is 0.481 e. The van der Waals surface area contributed by atoms with Gasteiger partial charge in [0.2, 0.25) is 0 Å². The van der Waals surface area contributed by atoms with Gasteiger partial charge in [-0.05, 0) is 45.4 Å². The van der Waals surface area contributed by atoms with Crippen LogP contribution in [0.4, 0.5) is 4.79 Å². The third kappa shape index (κ3) is 4.09. The van der Waals surface area contributed by atoms with E-state index < -0.39 is 5.97 Å². The molecule has 2 amide bonds. The molecule has 1 aliphatic carbocycles. The minimum Gasteiger partial charge on any atom is -0.481 e. The van der Waals surface area contributed by atoms with E-state index in [2.05, 4.69) is 24.6 Å². The van der Waals surface area contributed by atoms with Gasteiger partial charge >= 0.3 is 12.0 Å². The molecule has 1 heterocycles. The molecular formula is C15H27N3O3. The second kappa shape index (κ2) is 7.11. The second-order valence-corrected chi connectivity index (χ2v) is 6.49. The molecule has 0 aromatic rings. The number of carboxylic acid groups (broad SMARTS) is 1. The van der Waals surface area contributed by atoms with Crippen LogP contribution >= 0.6 is 0 Å². The van der Waals surface area contributed by atoms with Crippen molar-refractivity contribution in [3.05, 3.63) is 0 Å². The summed E-state index contributed by atoms with van der Waals surface area (Å²) in [4.78, 5) is 23.1. The van der Waals surface area contributed by atoms with Crippen molar-refractivity contribution in [3.8, 4) is 0 Å². The zero-order valence-electron chi connectivity index (χ0n) is 13.0. The van der Waals surface area contributed by atoms with Gasteiger partial charge in [0.25, 0.3) is 0 Å². The van der Waals surface area contributed by atoms with E-state index in [9.17, 15) is 9.59 Å². The number of aliphatic carboxylic acids is 1. The fourth-order valence-electron chi connectivity index (χ4n) is 3.63. The first-order valence-electron chi connectivity index (χ1n) is 8.04. The molecule has 2 fully saturated rings. The van der Waals surface area contributed by atoms with Crippen molar-refractivity contribution in [1.29, 1.82) is 0 Å². The van der Waals surface area contributed by atoms with Crippen molar-refractivity contribution < 1.29 is 14.7 Å². The standard InChI is InChI=1S/C15H27N3O3/c1-10-5-3-6-11(2)18(10)17-15(21)16-9-12-7-4-8-13(12)14(19)20/h10-13H,3-9H2,1-2H3,(H,19,20)(H2,16,17,21). The van der Waals surface area contributed by atoms with Crippen LogP contribution in [0.1, 0.15) is 52.4 Å². The first-order valence-corrected chi connectivity index (χ1v) is 8.04. The van der Waals surface area contributed by atoms with Gasteiger partial charge in [-0.2, -0.15) is 0 Å². The van der Waals surface area contributed by atoms with Crippen LogP contribution in [0.25, 0.3) is 0 Å². The molecule has 4 atom stereocenters. The molecule has 2 aliphatic rings. The Balaban J connectivity index is 1.78. The Bertz CT molecular complexity index is 378. The monoisotopic (exact) mass is 297 g/mol. The minimum atomic E-state index is -0.738. The Morgan fingerprint density at radius 2 is 1.71 bits per heavy atom. The number of hydrazine groups is 1. The highest BCUT2D eigenvalue weighted by atomic mass is 16.4. The zero-order chi connectivity index (χ0) is 15.4. The summed E-state index contributed by atoms with van der Waals surface area (Å²) in [5.41, 5.74) is 2.92. The molecule has 2 rings (SSSR count). The van der Waals surface area contributed by atoms with Crippen LogP contribution in [0.5, 0.6) is 0 Å². The van der Waals surface area contributed by atoms with Crippen molar-refractivity contribution in [2.75, 3.05) is 6.54 Å². The smallest absolute Gasteiger partial charge is 0.329 e. The van der Waals surface area contributed by atoms with Gasteiger partial charge in [0.1, 0.15) is 0 Å². The van der Waals surface area contributed by atoms with E-state index in [0.717, 1.165) is 32.1 Å². The molecule has 120 valence electrons. The summed E-state index contributed by atoms with van der Waals surface area (Å²) in [5.74, 6) is -0.986. The zero-order valence-corrected chi connectivity index (χ0v) is 13.0. The number of nitrogens with one attached hydrogen (secondary N) is 2. The van der Waals surface area contributed by atoms with Gasteiger partial charge in [-0.25, -0.2) is 9.80 Å². The third-order valence-electron chi connectivity index (χ3n) is 4.93. The highest BCUT2D eigenvalue weighted by Crippen LogP contribution is 2.31. The van der Waals surface area contributed by atoms with Crippen LogP contribution in [0.2, 0.25) is 0 Å². The number of carbonyl (C=O) groups is 2. The van der Waals surface area contributed by atoms with Crippen LogP contribution in [-0.4, -0.2) is 40.7 Å². The van der Waals surface area contributed by atoms with Gasteiger partial charge in [-0.15, -0.1) is 0 Å². The minimum absolute atomic E-state index is 0.0597. The summed E-state index contributed by atoms with van der Waals surface area (Å²) in [7, 11) is 0. The molecule has 0 bridgehead atoms. The summed E-state index contributed by atoms with van der Waals surface area (Å²) in [6, 6.07) is 0.474. The Morgan fingerprint density at radius 3 is 2.33 bits per heavy atom. The molecule has 4 unspecified atom stereocenters. The van der Waals surface area contributed by atoms with Gasteiger partial charge in [0, 0.05) is 18.6 Å². The maximum Gasteiger partial charge on any atom is 0.329 e. The van der Waals surface area contributed by atoms with Gasteiger partial charge in [-0.1, -0.05) is 12.8 Å². The van der Waals surface area contributed by atoms with Crippen LogP contribution < -0.4 is 10.7 Å². The maximum absolute atomic E-state index is 12.0. The molecule has 0 aromatic carbocycles. The normalized spacial score (nSPS) is 33.6. The van der Waals surface area contributed by atoms with E-state index in [-0.39, 0.29) is 17.9 Å². The van der Waals surface area contributed by atoms with Crippen molar-refractivity contribution in [2.24, 2.45) is 11.8 Å². The lowest BCUT2D eigenvalue weighted by molar-refractivity contribution is -0.142. The fraction of sp³-hybridized carbons (Fsp3) is 0.867. The van der Waals surface area contributed by atoms with Crippen LogP contribution in [0.15, 0.2) is 0 Å². The van der Waals surface area contributed by atoms with Crippen molar-refractivity contribution in [3.63, 3.8) is 0 Å². The molecule has 1 saturated carbocycles. The first-order chi connectivity index (χ1) is 9.99. The van der Waals surface area contributed by atoms with Crippen LogP contribution in [0, 0.1) is 11.8 Å². The number of urea groups is 1. The number of carbonyl (C=O) groups excluding carboxylic acids is 1. The Labute approximate surface area is 126 Å². The molecule has 1 saturated heterocycles. The summed E-state index contributed by atoms with van der Waals surface area (Å²) < 4.78 is 0. The van der Waals surface area contributed by atoms with Gasteiger partial charge < -0.3 is 10.4 Å². The molecule has 6 heteroatoms. The third-order valence-corrected chi connectivity index (χ3v) is 4.93. The predicted octanol–water partition coefficient (Wildman–Crippen LogP) is 1.96. The predicted molar refractivity (Wildman–Crippen MR) is 79.6 cm³/mol. The Hall–Kier alpha value is -1.30. The van der Waals surface area contributed by atoms with Gasteiger partial charge in [0.15, 0.2) is 0 Å². The SMILES string of the molecule is CC1CCCC(C)N1NC(=O)NCC1CCCC1C(=O)O. The van der Waals surface area contributed by atoms with E-state index in [1.54, 1.807) is 0 Å². The summed E-state index contributed by atoms with van der Waals surface area (Å²) in [6.07, 6.45) is 5.93. The van der Waals surface area contributed by atoms with Crippen LogP contribution in [-0.2, 0) is 4.79 Å². The summed E-state index contributed by atoms with van der Waals surface area (Å²) >= 11 is 0. The molecule has 0 spiro atoms. The highest BCUT2D eigenvalue weighted by Gasteiger charge is 2.33. The van der Waals surface area contributed by atoms with E-state index in [1.165, 1.54) is 6.42 Å². The topological polar surface area (TPSA) is 81.7 Å². The summed E-state index contributed by atoms with van der Waals surface area (Å²) in [5, 5.41) is 14.0. The molecule has 0 aromatic heterocycles. The van der Waals surface area contributed by atoms with E-state index in [0.29, 0.717) is 18.6 Å². The molecule has 0 radical (unpaired) electrons. The molecular weight excluding hydrogens is 270 g/mol. The molecule has 3 N–H and O–H groups in total. The molecule has 6 nitrogen and oxygen atoms in total. The lowest BCUT2D eigenvalue weighted by Crippen LogP contribution is -2.56. The molecule has 21 heavy (non-hydrogen) atoms. The Morgan fingerprint density at radius 1 is 1.10 bits per heavy atom. The van der Waals surface area contributed by atoms with Gasteiger partial charge in [-0.3, -0.25) is 10.2 Å². The number of amides is 2. The fourth-order valence-corrected chi connectivity index (χ4v) is 3.63. The first kappa shape index (κ1) is 16.1. The Kier molecular flexibility index (Phi) is 5.45. The van der Waals surface area contributed by atoms with Crippen molar-refractivity contribution in [1.82, 2.24) is 15.8 Å². The van der Waals surface area contributed by atoms with Gasteiger partial charge in [0.05, 0.1) is 5.92 Å². The van der Waals surface area contributed by atoms with E-state index >= 15 is 0 Å². The lowest BCUT2D eigenvalue weighted by Gasteiger charge is -2.38. The highest BCUT2D eigenvalue weighted by molar-refractivity contribution is 5.74. The maximum atomic E-state index is 12.0. The van der Waals surface area contributed by atoms with E-state index in [4.69, 9.17) is 5.11 Å². The number of rotatable bonds is 4. The molecule has 1 aliphatic heterocycles. The summed E-state index contributed by atoms with van der Waals surface area (Å²) in [6.45, 7) is 4.68. The number of carboxylic acids is 1. The average Bonchev–Trinajstić information content (AvgIpc) is 2.89. The van der Waals surface area contributed by atoms with Crippen molar-refractivity contribution in [2.45, 2.75) is 64.5 Å². The number of nitrogens with zero attached hydrogens (tertiary/aromatic N) is 1. The van der Waals surface area contributed by atoms with E-state index in [1.807, 2.05) is 5.01 Å².